The highest BCUT2D eigenvalue weighted by molar-refractivity contribution is 9.12. The van der Waals surface area contributed by atoms with Gasteiger partial charge in [-0.3, -0.25) is 9.48 Å². The summed E-state index contributed by atoms with van der Waals surface area (Å²) in [5, 5.41) is 11.4. The highest BCUT2D eigenvalue weighted by Crippen LogP contribution is 2.38. The van der Waals surface area contributed by atoms with E-state index < -0.39 is 12.3 Å². The van der Waals surface area contributed by atoms with Crippen molar-refractivity contribution >= 4 is 27.9 Å². The summed E-state index contributed by atoms with van der Waals surface area (Å²) in [4.78, 5) is 24.4. The smallest absolute Gasteiger partial charge is 0.349 e. The molecule has 0 radical (unpaired) electrons. The molecular weight excluding hydrogens is 540 g/mol. The number of cyclic esters (lactones) is 1. The number of carbonyl (C=O) groups excluding carboxylic acids is 2. The maximum Gasteiger partial charge on any atom is 0.349 e. The molecule has 4 atom stereocenters. The van der Waals surface area contributed by atoms with E-state index >= 15 is 0 Å². The SMILES string of the molecule is CCCCCCn1cc(COC(=O)CCCNC2=C(Br)C(=O)O[C@@H]2O[C@@H]2C[C@H](C)CC[C@H]2C(C)C)nn1. The largest absolute Gasteiger partial charge is 0.459 e. The molecule has 0 bridgehead atoms. The van der Waals surface area contributed by atoms with Gasteiger partial charge in [-0.1, -0.05) is 58.6 Å². The molecule has 1 aliphatic heterocycles. The molecule has 208 valence electrons. The summed E-state index contributed by atoms with van der Waals surface area (Å²) in [6.45, 7) is 10.3. The number of ether oxygens (including phenoxy) is 3. The van der Waals surface area contributed by atoms with Crippen LogP contribution >= 0.6 is 15.9 Å². The van der Waals surface area contributed by atoms with E-state index in [1.807, 2.05) is 6.20 Å². The lowest BCUT2D eigenvalue weighted by Gasteiger charge is -2.38. The fraction of sp³-hybridized carbons (Fsp3) is 0.778. The minimum Gasteiger partial charge on any atom is -0.459 e. The van der Waals surface area contributed by atoms with Gasteiger partial charge in [0.2, 0.25) is 6.29 Å². The molecule has 1 fully saturated rings. The highest BCUT2D eigenvalue weighted by atomic mass is 79.9. The van der Waals surface area contributed by atoms with Crippen molar-refractivity contribution in [2.45, 2.75) is 111 Å². The van der Waals surface area contributed by atoms with Crippen molar-refractivity contribution in [3.63, 3.8) is 0 Å². The zero-order valence-corrected chi connectivity index (χ0v) is 24.3. The normalized spacial score (nSPS) is 24.0. The average molecular weight is 584 g/mol. The fourth-order valence-corrected chi connectivity index (χ4v) is 5.43. The molecule has 37 heavy (non-hydrogen) atoms. The van der Waals surface area contributed by atoms with Gasteiger partial charge in [0.25, 0.3) is 0 Å². The molecule has 1 aromatic rings. The number of esters is 2. The molecule has 10 heteroatoms. The van der Waals surface area contributed by atoms with Crippen molar-refractivity contribution in [2.75, 3.05) is 6.54 Å². The molecule has 0 aromatic carbocycles. The Labute approximate surface area is 229 Å². The van der Waals surface area contributed by atoms with Crippen LogP contribution in [-0.4, -0.2) is 45.9 Å². The first-order valence-electron chi connectivity index (χ1n) is 13.8. The maximum atomic E-state index is 12.2. The molecule has 1 aromatic heterocycles. The molecule has 2 heterocycles. The molecule has 1 aliphatic carbocycles. The zero-order chi connectivity index (χ0) is 26.8. The van der Waals surface area contributed by atoms with Crippen LogP contribution in [0.1, 0.15) is 91.2 Å². The third-order valence-electron chi connectivity index (χ3n) is 7.21. The number of aryl methyl sites for hydroxylation is 1. The molecule has 0 spiro atoms. The van der Waals surface area contributed by atoms with Crippen LogP contribution in [0.4, 0.5) is 0 Å². The topological polar surface area (TPSA) is 105 Å². The predicted molar refractivity (Wildman–Crippen MR) is 143 cm³/mol. The number of carbonyl (C=O) groups is 2. The van der Waals surface area contributed by atoms with Crippen LogP contribution in [0.2, 0.25) is 0 Å². The van der Waals surface area contributed by atoms with Crippen molar-refractivity contribution in [2.24, 2.45) is 17.8 Å². The molecule has 9 nitrogen and oxygen atoms in total. The Morgan fingerprint density at radius 1 is 1.27 bits per heavy atom. The van der Waals surface area contributed by atoms with Crippen LogP contribution in [0.3, 0.4) is 0 Å². The van der Waals surface area contributed by atoms with E-state index in [9.17, 15) is 9.59 Å². The second kappa shape index (κ2) is 14.9. The summed E-state index contributed by atoms with van der Waals surface area (Å²) in [6, 6.07) is 0. The average Bonchev–Trinajstić information content (AvgIpc) is 3.42. The van der Waals surface area contributed by atoms with Gasteiger partial charge in [0.15, 0.2) is 0 Å². The monoisotopic (exact) mass is 582 g/mol. The van der Waals surface area contributed by atoms with E-state index in [4.69, 9.17) is 14.2 Å². The number of hydrogen-bond donors (Lipinski definition) is 1. The van der Waals surface area contributed by atoms with Crippen molar-refractivity contribution in [1.82, 2.24) is 20.3 Å². The van der Waals surface area contributed by atoms with E-state index in [0.717, 1.165) is 25.8 Å². The van der Waals surface area contributed by atoms with Gasteiger partial charge in [0.05, 0.1) is 12.3 Å². The standard InChI is InChI=1S/C27H43BrN4O5/c1-5-6-7-8-14-32-16-20(30-31-32)17-35-23(33)10-9-13-29-25-24(28)26(34)37-27(25)36-22-15-19(4)11-12-21(22)18(2)3/h16,18-19,21-22,27,29H,5-15,17H2,1-4H3/t19-,21+,22-,27+/m1/s1. The third-order valence-corrected chi connectivity index (χ3v) is 7.96. The molecule has 0 unspecified atom stereocenters. The predicted octanol–water partition coefficient (Wildman–Crippen LogP) is 5.24. The molecule has 1 N–H and O–H groups in total. The number of hydrogen-bond acceptors (Lipinski definition) is 8. The Morgan fingerprint density at radius 3 is 2.84 bits per heavy atom. The van der Waals surface area contributed by atoms with Crippen molar-refractivity contribution < 1.29 is 23.8 Å². The van der Waals surface area contributed by atoms with E-state index in [0.29, 0.717) is 46.6 Å². The van der Waals surface area contributed by atoms with Gasteiger partial charge >= 0.3 is 11.9 Å². The van der Waals surface area contributed by atoms with E-state index in [1.54, 1.807) is 4.68 Å². The maximum absolute atomic E-state index is 12.2. The van der Waals surface area contributed by atoms with Crippen LogP contribution in [0.25, 0.3) is 0 Å². The number of nitrogens with one attached hydrogen (secondary N) is 1. The zero-order valence-electron chi connectivity index (χ0n) is 22.7. The van der Waals surface area contributed by atoms with Gasteiger partial charge in [-0.15, -0.1) is 5.10 Å². The molecule has 0 saturated heterocycles. The first-order valence-corrected chi connectivity index (χ1v) is 14.6. The van der Waals surface area contributed by atoms with Gasteiger partial charge in [0, 0.05) is 19.5 Å². The summed E-state index contributed by atoms with van der Waals surface area (Å²) < 4.78 is 19.4. The third kappa shape index (κ3) is 9.09. The summed E-state index contributed by atoms with van der Waals surface area (Å²) in [7, 11) is 0. The Balaban J connectivity index is 1.39. The van der Waals surface area contributed by atoms with Gasteiger partial charge in [-0.25, -0.2) is 4.79 Å². The Hall–Kier alpha value is -1.94. The molecule has 1 saturated carbocycles. The minimum absolute atomic E-state index is 0.0426. The second-order valence-corrected chi connectivity index (χ2v) is 11.5. The second-order valence-electron chi connectivity index (χ2n) is 10.7. The fourth-order valence-electron chi connectivity index (χ4n) is 5.00. The Bertz CT molecular complexity index is 918. The number of nitrogens with zero attached hydrogens (tertiary/aromatic N) is 3. The molecule has 2 aliphatic rings. The van der Waals surface area contributed by atoms with Crippen molar-refractivity contribution in [3.8, 4) is 0 Å². The number of rotatable bonds is 15. The molecular formula is C27H43BrN4O5. The number of halogens is 1. The molecule has 3 rings (SSSR count). The lowest BCUT2D eigenvalue weighted by atomic mass is 9.75. The van der Waals surface area contributed by atoms with Crippen LogP contribution < -0.4 is 5.32 Å². The van der Waals surface area contributed by atoms with Crippen molar-refractivity contribution in [1.29, 1.82) is 0 Å². The Kier molecular flexibility index (Phi) is 11.9. The quantitative estimate of drug-likeness (QED) is 0.221. The lowest BCUT2D eigenvalue weighted by molar-refractivity contribution is -0.182. The first-order chi connectivity index (χ1) is 17.8. The number of aromatic nitrogens is 3. The van der Waals surface area contributed by atoms with Crippen LogP contribution in [0.5, 0.6) is 0 Å². The van der Waals surface area contributed by atoms with Gasteiger partial charge in [-0.05, 0) is 59.4 Å². The van der Waals surface area contributed by atoms with E-state index in [1.165, 1.54) is 25.7 Å². The highest BCUT2D eigenvalue weighted by Gasteiger charge is 2.39. The summed E-state index contributed by atoms with van der Waals surface area (Å²) in [5.74, 6) is 0.792. The number of unbranched alkanes of at least 4 members (excludes halogenated alkanes) is 3. The first kappa shape index (κ1) is 29.6. The summed E-state index contributed by atoms with van der Waals surface area (Å²) >= 11 is 3.34. The van der Waals surface area contributed by atoms with Crippen LogP contribution in [-0.2, 0) is 37.0 Å². The summed E-state index contributed by atoms with van der Waals surface area (Å²) in [6.07, 6.45) is 9.85. The van der Waals surface area contributed by atoms with Gasteiger partial charge in [-0.2, -0.15) is 0 Å². The van der Waals surface area contributed by atoms with E-state index in [-0.39, 0.29) is 25.1 Å². The van der Waals surface area contributed by atoms with Crippen LogP contribution in [0, 0.1) is 17.8 Å². The summed E-state index contributed by atoms with van der Waals surface area (Å²) in [5.41, 5.74) is 1.24. The minimum atomic E-state index is -0.755. The van der Waals surface area contributed by atoms with Crippen LogP contribution in [0.15, 0.2) is 16.4 Å². The van der Waals surface area contributed by atoms with Crippen molar-refractivity contribution in [3.05, 3.63) is 22.1 Å². The van der Waals surface area contributed by atoms with Gasteiger partial charge < -0.3 is 19.5 Å². The van der Waals surface area contributed by atoms with Gasteiger partial charge in [0.1, 0.15) is 22.5 Å². The molecule has 0 amide bonds. The Morgan fingerprint density at radius 2 is 2.08 bits per heavy atom. The van der Waals surface area contributed by atoms with E-state index in [2.05, 4.69) is 59.3 Å². The lowest BCUT2D eigenvalue weighted by Crippen LogP contribution is -2.39.